The number of hydrogen-bond acceptors (Lipinski definition) is 4. The van der Waals surface area contributed by atoms with Crippen LogP contribution in [0, 0.1) is 13.8 Å². The molecule has 186 valence electrons. The lowest BCUT2D eigenvalue weighted by atomic mass is 9.85. The summed E-state index contributed by atoms with van der Waals surface area (Å²) >= 11 is 0. The number of carbonyl (C=O) groups is 2. The number of urea groups is 1. The summed E-state index contributed by atoms with van der Waals surface area (Å²) in [6.07, 6.45) is 3.73. The van der Waals surface area contributed by atoms with Gasteiger partial charge in [0.2, 0.25) is 0 Å². The molecule has 3 heterocycles. The van der Waals surface area contributed by atoms with Crippen molar-refractivity contribution in [1.82, 2.24) is 19.7 Å². The van der Waals surface area contributed by atoms with Gasteiger partial charge in [-0.3, -0.25) is 19.6 Å². The average Bonchev–Trinajstić information content (AvgIpc) is 3.08. The molecule has 5 rings (SSSR count). The van der Waals surface area contributed by atoms with E-state index in [-0.39, 0.29) is 18.5 Å². The molecule has 2 fully saturated rings. The highest BCUT2D eigenvalue weighted by Gasteiger charge is 2.57. The minimum absolute atomic E-state index is 0.0722. The predicted molar refractivity (Wildman–Crippen MR) is 140 cm³/mol. The number of amides is 3. The normalized spacial score (nSPS) is 17.8. The molecule has 0 radical (unpaired) electrons. The molecule has 2 aromatic carbocycles. The Balaban J connectivity index is 1.35. The highest BCUT2D eigenvalue weighted by Crippen LogP contribution is 2.38. The molecule has 2 aliphatic rings. The summed E-state index contributed by atoms with van der Waals surface area (Å²) in [4.78, 5) is 37.6. The molecule has 3 aromatic rings. The topological polar surface area (TPSA) is 56.8 Å². The Kier molecular flexibility index (Phi) is 6.88. The standard InChI is InChI=1S/C30H34N4O2/c1-23-11-12-26(20-24(23)2)21-32-18-14-30(15-19-32)28(35)33(22-27-10-6-7-16-31-27)29(36)34(30)17-13-25-8-4-3-5-9-25/h3-12,16,20H,13-15,17-19,21-22H2,1-2H3. The summed E-state index contributed by atoms with van der Waals surface area (Å²) < 4.78 is 0. The lowest BCUT2D eigenvalue weighted by molar-refractivity contribution is -0.136. The number of benzene rings is 2. The van der Waals surface area contributed by atoms with Crippen molar-refractivity contribution in [3.63, 3.8) is 0 Å². The number of pyridine rings is 1. The number of carbonyl (C=O) groups excluding carboxylic acids is 2. The number of aryl methyl sites for hydroxylation is 2. The van der Waals surface area contributed by atoms with Crippen LogP contribution in [0.15, 0.2) is 72.9 Å². The fourth-order valence-corrected chi connectivity index (χ4v) is 5.50. The number of aromatic nitrogens is 1. The van der Waals surface area contributed by atoms with Gasteiger partial charge in [0.15, 0.2) is 0 Å². The third-order valence-corrected chi connectivity index (χ3v) is 7.80. The van der Waals surface area contributed by atoms with Gasteiger partial charge in [0, 0.05) is 32.4 Å². The molecular formula is C30H34N4O2. The minimum Gasteiger partial charge on any atom is -0.309 e. The van der Waals surface area contributed by atoms with Crippen molar-refractivity contribution in [3.05, 3.63) is 101 Å². The Morgan fingerprint density at radius 3 is 2.28 bits per heavy atom. The van der Waals surface area contributed by atoms with Crippen molar-refractivity contribution in [2.45, 2.75) is 51.7 Å². The molecule has 0 aliphatic carbocycles. The fourth-order valence-electron chi connectivity index (χ4n) is 5.50. The smallest absolute Gasteiger partial charge is 0.309 e. The van der Waals surface area contributed by atoms with Crippen molar-refractivity contribution in [2.24, 2.45) is 0 Å². The molecule has 6 heteroatoms. The van der Waals surface area contributed by atoms with Gasteiger partial charge in [-0.2, -0.15) is 0 Å². The summed E-state index contributed by atoms with van der Waals surface area (Å²) in [7, 11) is 0. The van der Waals surface area contributed by atoms with Gasteiger partial charge in [-0.25, -0.2) is 4.79 Å². The van der Waals surface area contributed by atoms with Crippen LogP contribution in [0.2, 0.25) is 0 Å². The van der Waals surface area contributed by atoms with E-state index >= 15 is 0 Å². The van der Waals surface area contributed by atoms with Crippen molar-refractivity contribution < 1.29 is 9.59 Å². The third kappa shape index (κ3) is 4.78. The molecule has 1 spiro atoms. The second-order valence-electron chi connectivity index (χ2n) is 10.1. The Bertz CT molecular complexity index is 1220. The van der Waals surface area contributed by atoms with Crippen LogP contribution >= 0.6 is 0 Å². The van der Waals surface area contributed by atoms with E-state index in [9.17, 15) is 9.59 Å². The first-order valence-electron chi connectivity index (χ1n) is 12.8. The minimum atomic E-state index is -0.777. The third-order valence-electron chi connectivity index (χ3n) is 7.80. The highest BCUT2D eigenvalue weighted by atomic mass is 16.2. The van der Waals surface area contributed by atoms with Gasteiger partial charge < -0.3 is 4.90 Å². The van der Waals surface area contributed by atoms with Gasteiger partial charge in [0.05, 0.1) is 12.2 Å². The summed E-state index contributed by atoms with van der Waals surface area (Å²) in [6, 6.07) is 22.2. The zero-order valence-electron chi connectivity index (χ0n) is 21.2. The van der Waals surface area contributed by atoms with Gasteiger partial charge in [-0.1, -0.05) is 54.6 Å². The summed E-state index contributed by atoms with van der Waals surface area (Å²) in [5.74, 6) is -0.0722. The lowest BCUT2D eigenvalue weighted by Crippen LogP contribution is -2.56. The van der Waals surface area contributed by atoms with Gasteiger partial charge >= 0.3 is 6.03 Å². The molecular weight excluding hydrogens is 448 g/mol. The Morgan fingerprint density at radius 2 is 1.58 bits per heavy atom. The SMILES string of the molecule is Cc1ccc(CN2CCC3(CC2)C(=O)N(Cc2ccccn2)C(=O)N3CCc2ccccc2)cc1C. The number of nitrogens with zero attached hydrogens (tertiary/aromatic N) is 4. The monoisotopic (exact) mass is 482 g/mol. The van der Waals surface area contributed by atoms with Crippen molar-refractivity contribution in [3.8, 4) is 0 Å². The molecule has 3 amide bonds. The predicted octanol–water partition coefficient (Wildman–Crippen LogP) is 4.74. The molecule has 2 aliphatic heterocycles. The number of likely N-dealkylation sites (tertiary alicyclic amines) is 1. The van der Waals surface area contributed by atoms with E-state index in [1.807, 2.05) is 41.3 Å². The summed E-state index contributed by atoms with van der Waals surface area (Å²) in [5, 5.41) is 0. The molecule has 0 atom stereocenters. The Labute approximate surface area is 213 Å². The van der Waals surface area contributed by atoms with Crippen molar-refractivity contribution in [2.75, 3.05) is 19.6 Å². The van der Waals surface area contributed by atoms with E-state index in [0.29, 0.717) is 19.4 Å². The van der Waals surface area contributed by atoms with Gasteiger partial charge in [0.25, 0.3) is 5.91 Å². The maximum Gasteiger partial charge on any atom is 0.328 e. The molecule has 36 heavy (non-hydrogen) atoms. The maximum absolute atomic E-state index is 13.9. The van der Waals surface area contributed by atoms with Gasteiger partial charge in [-0.05, 0) is 67.5 Å². The molecule has 0 unspecified atom stereocenters. The van der Waals surface area contributed by atoms with E-state index in [4.69, 9.17) is 0 Å². The molecule has 1 aromatic heterocycles. The van der Waals surface area contributed by atoms with Crippen LogP contribution in [0.25, 0.3) is 0 Å². The number of piperidine rings is 1. The van der Waals surface area contributed by atoms with Crippen LogP contribution in [0.1, 0.15) is 40.8 Å². The van der Waals surface area contributed by atoms with Crippen LogP contribution < -0.4 is 0 Å². The maximum atomic E-state index is 13.9. The molecule has 0 bridgehead atoms. The van der Waals surface area contributed by atoms with Crippen LogP contribution in [0.4, 0.5) is 4.79 Å². The summed E-state index contributed by atoms with van der Waals surface area (Å²) in [6.45, 7) is 7.46. The fraction of sp³-hybridized carbons (Fsp3) is 0.367. The van der Waals surface area contributed by atoms with Gasteiger partial charge in [0.1, 0.15) is 5.54 Å². The number of rotatable bonds is 7. The van der Waals surface area contributed by atoms with E-state index in [1.165, 1.54) is 27.2 Å². The average molecular weight is 483 g/mol. The van der Waals surface area contributed by atoms with E-state index in [1.54, 1.807) is 6.20 Å². The van der Waals surface area contributed by atoms with Crippen LogP contribution in [-0.2, 0) is 24.3 Å². The first-order chi connectivity index (χ1) is 17.5. The molecule has 6 nitrogen and oxygen atoms in total. The van der Waals surface area contributed by atoms with Crippen molar-refractivity contribution >= 4 is 11.9 Å². The Morgan fingerprint density at radius 1 is 0.833 bits per heavy atom. The molecule has 0 saturated carbocycles. The first kappa shape index (κ1) is 24.2. The second-order valence-corrected chi connectivity index (χ2v) is 10.1. The first-order valence-corrected chi connectivity index (χ1v) is 12.8. The van der Waals surface area contributed by atoms with E-state index in [0.717, 1.165) is 31.7 Å². The zero-order valence-corrected chi connectivity index (χ0v) is 21.2. The second kappa shape index (κ2) is 10.2. The molecule has 0 N–H and O–H groups in total. The molecule has 2 saturated heterocycles. The highest BCUT2D eigenvalue weighted by molar-refractivity contribution is 6.07. The largest absolute Gasteiger partial charge is 0.328 e. The Hall–Kier alpha value is -3.51. The van der Waals surface area contributed by atoms with Crippen LogP contribution in [-0.4, -0.2) is 56.8 Å². The van der Waals surface area contributed by atoms with Crippen LogP contribution in [0.3, 0.4) is 0 Å². The summed E-state index contributed by atoms with van der Waals surface area (Å²) in [5.41, 5.74) is 5.01. The lowest BCUT2D eigenvalue weighted by Gasteiger charge is -2.42. The zero-order chi connectivity index (χ0) is 25.1. The van der Waals surface area contributed by atoms with Gasteiger partial charge in [-0.15, -0.1) is 0 Å². The quantitative estimate of drug-likeness (QED) is 0.457. The van der Waals surface area contributed by atoms with Crippen LogP contribution in [0.5, 0.6) is 0 Å². The number of imide groups is 1. The van der Waals surface area contributed by atoms with Crippen molar-refractivity contribution in [1.29, 1.82) is 0 Å². The number of hydrogen-bond donors (Lipinski definition) is 0. The van der Waals surface area contributed by atoms with E-state index in [2.05, 4.69) is 54.1 Å². The van der Waals surface area contributed by atoms with E-state index < -0.39 is 5.54 Å².